The molecule has 0 aliphatic heterocycles. The summed E-state index contributed by atoms with van der Waals surface area (Å²) in [4.78, 5) is 15.1. The highest BCUT2D eigenvalue weighted by molar-refractivity contribution is 7.09. The lowest BCUT2D eigenvalue weighted by molar-refractivity contribution is 0.0594. The van der Waals surface area contributed by atoms with E-state index in [0.717, 1.165) is 29.1 Å². The molecular formula is C14H16N4O3S. The van der Waals surface area contributed by atoms with Crippen LogP contribution in [0.15, 0.2) is 34.2 Å². The third-order valence-electron chi connectivity index (χ3n) is 2.69. The fourth-order valence-corrected chi connectivity index (χ4v) is 2.35. The predicted molar refractivity (Wildman–Crippen MR) is 82.9 cm³/mol. The smallest absolute Gasteiger partial charge is 0.357 e. The van der Waals surface area contributed by atoms with Gasteiger partial charge in [0.15, 0.2) is 11.3 Å². The highest BCUT2D eigenvalue weighted by atomic mass is 32.1. The monoisotopic (exact) mass is 320 g/mol. The van der Waals surface area contributed by atoms with Gasteiger partial charge in [0, 0.05) is 23.6 Å². The third-order valence-corrected chi connectivity index (χ3v) is 3.60. The average Bonchev–Trinajstić information content (AvgIpc) is 3.21. The Morgan fingerprint density at radius 1 is 1.41 bits per heavy atom. The van der Waals surface area contributed by atoms with E-state index in [4.69, 9.17) is 4.52 Å². The quantitative estimate of drug-likeness (QED) is 0.734. The van der Waals surface area contributed by atoms with E-state index in [1.807, 2.05) is 31.3 Å². The van der Waals surface area contributed by atoms with Gasteiger partial charge in [-0.15, -0.1) is 16.4 Å². The first-order valence-corrected chi connectivity index (χ1v) is 7.47. The van der Waals surface area contributed by atoms with Crippen LogP contribution in [0.1, 0.15) is 15.5 Å². The van der Waals surface area contributed by atoms with E-state index in [2.05, 4.69) is 25.4 Å². The zero-order valence-corrected chi connectivity index (χ0v) is 13.1. The van der Waals surface area contributed by atoms with Gasteiger partial charge in [0.05, 0.1) is 12.1 Å². The van der Waals surface area contributed by atoms with Crippen LogP contribution >= 0.6 is 11.3 Å². The van der Waals surface area contributed by atoms with Gasteiger partial charge >= 0.3 is 5.97 Å². The molecule has 0 amide bonds. The van der Waals surface area contributed by atoms with Crippen LogP contribution in [0.4, 0.5) is 0 Å². The van der Waals surface area contributed by atoms with Crippen molar-refractivity contribution in [2.75, 3.05) is 20.7 Å². The maximum atomic E-state index is 11.0. The van der Waals surface area contributed by atoms with Gasteiger partial charge in [0.2, 0.25) is 0 Å². The summed E-state index contributed by atoms with van der Waals surface area (Å²) >= 11 is 1.48. The van der Waals surface area contributed by atoms with Gasteiger partial charge in [-0.1, -0.05) is 12.1 Å². The van der Waals surface area contributed by atoms with Crippen LogP contribution in [-0.4, -0.2) is 42.0 Å². The second kappa shape index (κ2) is 8.20. The number of carbonyl (C=O) groups excluding carboxylic acids is 1. The lowest BCUT2D eigenvalue weighted by Gasteiger charge is -1.94. The molecule has 0 bridgehead atoms. The molecule has 0 saturated carbocycles. The van der Waals surface area contributed by atoms with Crippen molar-refractivity contribution in [2.45, 2.75) is 6.42 Å². The molecule has 0 radical (unpaired) electrons. The summed E-state index contributed by atoms with van der Waals surface area (Å²) in [5.74, 6) is -0.369. The molecular weight excluding hydrogens is 304 g/mol. The lowest BCUT2D eigenvalue weighted by atomic mass is 10.3. The number of ether oxygens (including phenoxy) is 1. The van der Waals surface area contributed by atoms with Crippen LogP contribution in [0.25, 0.3) is 11.1 Å². The molecule has 116 valence electrons. The Hall–Kier alpha value is -2.32. The third kappa shape index (κ3) is 4.34. The van der Waals surface area contributed by atoms with Crippen molar-refractivity contribution < 1.29 is 14.1 Å². The number of esters is 1. The van der Waals surface area contributed by atoms with E-state index in [0.29, 0.717) is 5.69 Å². The van der Waals surface area contributed by atoms with E-state index in [1.165, 1.54) is 18.4 Å². The summed E-state index contributed by atoms with van der Waals surface area (Å²) in [5, 5.41) is 12.8. The molecule has 0 spiro atoms. The summed E-state index contributed by atoms with van der Waals surface area (Å²) < 4.78 is 9.30. The summed E-state index contributed by atoms with van der Waals surface area (Å²) in [6, 6.07) is 7.46. The number of aromatic nitrogens is 3. The van der Waals surface area contributed by atoms with E-state index in [9.17, 15) is 4.79 Å². The number of rotatable bonds is 4. The van der Waals surface area contributed by atoms with Crippen LogP contribution in [0, 0.1) is 0 Å². The fourth-order valence-electron chi connectivity index (χ4n) is 1.58. The molecule has 22 heavy (non-hydrogen) atoms. The van der Waals surface area contributed by atoms with E-state index < -0.39 is 0 Å². The minimum absolute atomic E-state index is 0.369. The number of fused-ring (bicyclic) bond motifs is 1. The van der Waals surface area contributed by atoms with Gasteiger partial charge in [-0.05, 0) is 19.2 Å². The summed E-state index contributed by atoms with van der Waals surface area (Å²) in [5.41, 5.74) is 1.94. The summed E-state index contributed by atoms with van der Waals surface area (Å²) in [6.07, 6.45) is 0.845. The van der Waals surface area contributed by atoms with E-state index in [1.54, 1.807) is 5.38 Å². The predicted octanol–water partition coefficient (Wildman–Crippen LogP) is 1.91. The van der Waals surface area contributed by atoms with Crippen molar-refractivity contribution in [3.05, 3.63) is 40.3 Å². The largest absolute Gasteiger partial charge is 0.464 e. The number of nitrogens with one attached hydrogen (secondary N) is 1. The maximum Gasteiger partial charge on any atom is 0.357 e. The zero-order chi connectivity index (χ0) is 15.8. The van der Waals surface area contributed by atoms with Crippen molar-refractivity contribution in [2.24, 2.45) is 0 Å². The Morgan fingerprint density at radius 3 is 2.95 bits per heavy atom. The minimum atomic E-state index is -0.369. The van der Waals surface area contributed by atoms with Crippen molar-refractivity contribution in [1.29, 1.82) is 0 Å². The molecule has 8 heteroatoms. The molecule has 0 unspecified atom stereocenters. The van der Waals surface area contributed by atoms with Gasteiger partial charge in [-0.3, -0.25) is 0 Å². The standard InChI is InChI=1S/C8H12N2O2S.C6H4N2O/c1-9-4-3-7-10-6(5-13-7)8(11)12-2;1-2-4-6-5(3-1)7-8-9-6/h5,9H,3-4H2,1-2H3;1-4H. The molecule has 0 saturated heterocycles. The number of nitrogens with zero attached hydrogens (tertiary/aromatic N) is 3. The van der Waals surface area contributed by atoms with Gasteiger partial charge < -0.3 is 14.6 Å². The van der Waals surface area contributed by atoms with Gasteiger partial charge in [0.25, 0.3) is 0 Å². The highest BCUT2D eigenvalue weighted by Crippen LogP contribution is 2.10. The summed E-state index contributed by atoms with van der Waals surface area (Å²) in [6.45, 7) is 0.869. The second-order valence-electron chi connectivity index (χ2n) is 4.21. The van der Waals surface area contributed by atoms with E-state index in [-0.39, 0.29) is 5.97 Å². The molecule has 1 aromatic carbocycles. The molecule has 1 N–H and O–H groups in total. The Kier molecular flexibility index (Phi) is 5.99. The number of likely N-dealkylation sites (N-methyl/N-ethyl adjacent to an activating group) is 1. The van der Waals surface area contributed by atoms with Gasteiger partial charge in [-0.25, -0.2) is 9.78 Å². The second-order valence-corrected chi connectivity index (χ2v) is 5.15. The van der Waals surface area contributed by atoms with Crippen LogP contribution in [0.3, 0.4) is 0 Å². The van der Waals surface area contributed by atoms with Crippen LogP contribution in [0.5, 0.6) is 0 Å². The lowest BCUT2D eigenvalue weighted by Crippen LogP contribution is -2.10. The molecule has 0 atom stereocenters. The van der Waals surface area contributed by atoms with Crippen LogP contribution in [-0.2, 0) is 11.2 Å². The Morgan fingerprint density at radius 2 is 2.23 bits per heavy atom. The molecule has 3 aromatic rings. The van der Waals surface area contributed by atoms with E-state index >= 15 is 0 Å². The molecule has 0 fully saturated rings. The molecule has 0 aliphatic rings. The number of methoxy groups -OCH3 is 1. The first kappa shape index (κ1) is 16.1. The first-order valence-electron chi connectivity index (χ1n) is 6.59. The van der Waals surface area contributed by atoms with Crippen LogP contribution in [0.2, 0.25) is 0 Å². The molecule has 2 aromatic heterocycles. The van der Waals surface area contributed by atoms with Crippen molar-refractivity contribution in [3.8, 4) is 0 Å². The number of thiazole rings is 1. The number of hydrogen-bond acceptors (Lipinski definition) is 8. The highest BCUT2D eigenvalue weighted by Gasteiger charge is 2.09. The number of carbonyl (C=O) groups is 1. The Balaban J connectivity index is 0.000000170. The van der Waals surface area contributed by atoms with Crippen molar-refractivity contribution >= 4 is 28.4 Å². The zero-order valence-electron chi connectivity index (χ0n) is 12.3. The minimum Gasteiger partial charge on any atom is -0.464 e. The maximum absolute atomic E-state index is 11.0. The first-order chi connectivity index (χ1) is 10.7. The Bertz CT molecular complexity index is 695. The molecule has 3 rings (SSSR count). The van der Waals surface area contributed by atoms with Gasteiger partial charge in [0.1, 0.15) is 5.52 Å². The molecule has 0 aliphatic carbocycles. The number of para-hydroxylation sites is 1. The topological polar surface area (TPSA) is 90.1 Å². The van der Waals surface area contributed by atoms with Crippen LogP contribution < -0.4 is 5.32 Å². The number of hydrogen-bond donors (Lipinski definition) is 1. The summed E-state index contributed by atoms with van der Waals surface area (Å²) in [7, 11) is 3.24. The SMILES string of the molecule is CNCCc1nc(C(=O)OC)cs1.c1ccc2onnc2c1. The Labute approximate surface area is 131 Å². The fraction of sp³-hybridized carbons (Fsp3) is 0.286. The molecule has 2 heterocycles. The van der Waals surface area contributed by atoms with Crippen molar-refractivity contribution in [3.63, 3.8) is 0 Å². The molecule has 7 nitrogen and oxygen atoms in total. The average molecular weight is 320 g/mol. The van der Waals surface area contributed by atoms with Gasteiger partial charge in [-0.2, -0.15) is 0 Å². The normalized spacial score (nSPS) is 10.1. The number of benzene rings is 1. The van der Waals surface area contributed by atoms with Crippen molar-refractivity contribution in [1.82, 2.24) is 20.7 Å².